The van der Waals surface area contributed by atoms with Crippen LogP contribution in [0.25, 0.3) is 0 Å². The SMILES string of the molecule is Nc1nnsc1C(=O)Oc1ccccc1C(F)(F)F. The molecule has 9 heteroatoms. The van der Waals surface area contributed by atoms with Crippen molar-refractivity contribution in [1.29, 1.82) is 0 Å². The van der Waals surface area contributed by atoms with Gasteiger partial charge in [-0.1, -0.05) is 16.6 Å². The number of halogens is 3. The van der Waals surface area contributed by atoms with Crippen LogP contribution in [0.2, 0.25) is 0 Å². The predicted octanol–water partition coefficient (Wildman–Crippen LogP) is 2.36. The summed E-state index contributed by atoms with van der Waals surface area (Å²) in [6.45, 7) is 0. The van der Waals surface area contributed by atoms with Gasteiger partial charge in [-0.05, 0) is 23.7 Å². The average molecular weight is 289 g/mol. The molecule has 0 aliphatic heterocycles. The van der Waals surface area contributed by atoms with Crippen molar-refractivity contribution in [3.8, 4) is 5.75 Å². The highest BCUT2D eigenvalue weighted by molar-refractivity contribution is 7.08. The fourth-order valence-corrected chi connectivity index (χ4v) is 1.74. The summed E-state index contributed by atoms with van der Waals surface area (Å²) in [6, 6.07) is 4.39. The van der Waals surface area contributed by atoms with E-state index in [0.29, 0.717) is 11.5 Å². The molecule has 1 aromatic carbocycles. The van der Waals surface area contributed by atoms with E-state index in [1.165, 1.54) is 12.1 Å². The van der Waals surface area contributed by atoms with Gasteiger partial charge in [-0.2, -0.15) is 13.2 Å². The summed E-state index contributed by atoms with van der Waals surface area (Å²) in [5.74, 6) is -1.79. The topological polar surface area (TPSA) is 78.1 Å². The van der Waals surface area contributed by atoms with Crippen LogP contribution in [-0.2, 0) is 6.18 Å². The Kier molecular flexibility index (Phi) is 3.38. The Morgan fingerprint density at radius 3 is 2.58 bits per heavy atom. The minimum absolute atomic E-state index is 0.142. The molecule has 0 saturated carbocycles. The number of nitrogens with two attached hydrogens (primary N) is 1. The first-order valence-electron chi connectivity index (χ1n) is 4.86. The lowest BCUT2D eigenvalue weighted by Gasteiger charge is -2.11. The summed E-state index contributed by atoms with van der Waals surface area (Å²) in [7, 11) is 0. The van der Waals surface area contributed by atoms with Crippen molar-refractivity contribution in [2.45, 2.75) is 6.18 Å². The molecule has 0 amide bonds. The molecule has 0 fully saturated rings. The van der Waals surface area contributed by atoms with Gasteiger partial charge in [0.25, 0.3) is 0 Å². The van der Waals surface area contributed by atoms with Crippen LogP contribution < -0.4 is 10.5 Å². The number of carbonyl (C=O) groups excluding carboxylic acids is 1. The zero-order valence-electron chi connectivity index (χ0n) is 9.14. The van der Waals surface area contributed by atoms with Gasteiger partial charge in [0.1, 0.15) is 5.75 Å². The van der Waals surface area contributed by atoms with Crippen molar-refractivity contribution in [1.82, 2.24) is 9.59 Å². The van der Waals surface area contributed by atoms with Crippen LogP contribution in [-0.4, -0.2) is 15.6 Å². The molecule has 0 spiro atoms. The van der Waals surface area contributed by atoms with Crippen LogP contribution in [0.3, 0.4) is 0 Å². The number of aromatic nitrogens is 2. The van der Waals surface area contributed by atoms with E-state index in [9.17, 15) is 18.0 Å². The third-order valence-corrected chi connectivity index (χ3v) is 2.82. The third kappa shape index (κ3) is 2.81. The highest BCUT2D eigenvalue weighted by atomic mass is 32.1. The number of carbonyl (C=O) groups is 1. The van der Waals surface area contributed by atoms with Gasteiger partial charge in [0.2, 0.25) is 0 Å². The van der Waals surface area contributed by atoms with Crippen LogP contribution in [0.1, 0.15) is 15.2 Å². The fourth-order valence-electron chi connectivity index (χ4n) is 1.28. The molecule has 0 saturated heterocycles. The quantitative estimate of drug-likeness (QED) is 0.678. The molecular weight excluding hydrogens is 283 g/mol. The molecule has 0 aliphatic carbocycles. The first-order chi connectivity index (χ1) is 8.89. The number of nitrogen functional groups attached to an aromatic ring is 1. The second-order valence-electron chi connectivity index (χ2n) is 3.37. The Bertz CT molecular complexity index is 612. The number of benzene rings is 1. The zero-order chi connectivity index (χ0) is 14.0. The number of alkyl halides is 3. The van der Waals surface area contributed by atoms with E-state index in [0.717, 1.165) is 12.1 Å². The number of esters is 1. The Morgan fingerprint density at radius 1 is 1.32 bits per heavy atom. The van der Waals surface area contributed by atoms with Gasteiger partial charge in [-0.25, -0.2) is 4.79 Å². The Labute approximate surface area is 109 Å². The molecule has 1 heterocycles. The maximum atomic E-state index is 12.7. The molecular formula is C10H6F3N3O2S. The Hall–Kier alpha value is -2.16. The van der Waals surface area contributed by atoms with E-state index in [4.69, 9.17) is 5.73 Å². The van der Waals surface area contributed by atoms with Gasteiger partial charge in [-0.15, -0.1) is 5.10 Å². The predicted molar refractivity (Wildman–Crippen MR) is 60.7 cm³/mol. The van der Waals surface area contributed by atoms with Gasteiger partial charge in [0.15, 0.2) is 10.7 Å². The zero-order valence-corrected chi connectivity index (χ0v) is 9.96. The smallest absolute Gasteiger partial charge is 0.419 e. The second-order valence-corrected chi connectivity index (χ2v) is 4.12. The maximum absolute atomic E-state index is 12.7. The van der Waals surface area contributed by atoms with Gasteiger partial charge >= 0.3 is 12.1 Å². The summed E-state index contributed by atoms with van der Waals surface area (Å²) in [5, 5.41) is 3.37. The average Bonchev–Trinajstić information content (AvgIpc) is 2.75. The largest absolute Gasteiger partial charge is 0.422 e. The maximum Gasteiger partial charge on any atom is 0.419 e. The second kappa shape index (κ2) is 4.84. The van der Waals surface area contributed by atoms with E-state index in [1.54, 1.807) is 0 Å². The highest BCUT2D eigenvalue weighted by Crippen LogP contribution is 2.36. The summed E-state index contributed by atoms with van der Waals surface area (Å²) >= 11 is 0.648. The fraction of sp³-hybridized carbons (Fsp3) is 0.100. The van der Waals surface area contributed by atoms with Crippen LogP contribution in [0, 0.1) is 0 Å². The summed E-state index contributed by atoms with van der Waals surface area (Å²) in [4.78, 5) is 11.5. The number of para-hydroxylation sites is 1. The molecule has 0 aliphatic rings. The van der Waals surface area contributed by atoms with E-state index in [2.05, 4.69) is 14.3 Å². The van der Waals surface area contributed by atoms with Crippen molar-refractivity contribution >= 4 is 23.3 Å². The molecule has 5 nitrogen and oxygen atoms in total. The lowest BCUT2D eigenvalue weighted by atomic mass is 10.2. The van der Waals surface area contributed by atoms with E-state index >= 15 is 0 Å². The summed E-state index contributed by atoms with van der Waals surface area (Å²) in [5.41, 5.74) is 4.29. The number of ether oxygens (including phenoxy) is 1. The van der Waals surface area contributed by atoms with Crippen molar-refractivity contribution in [3.63, 3.8) is 0 Å². The van der Waals surface area contributed by atoms with Crippen molar-refractivity contribution in [2.24, 2.45) is 0 Å². The Morgan fingerprint density at radius 2 is 2.00 bits per heavy atom. The van der Waals surface area contributed by atoms with Gasteiger partial charge < -0.3 is 10.5 Å². The van der Waals surface area contributed by atoms with Crippen LogP contribution in [0.5, 0.6) is 5.75 Å². The van der Waals surface area contributed by atoms with Gasteiger partial charge in [0, 0.05) is 0 Å². The molecule has 100 valence electrons. The molecule has 0 atom stereocenters. The summed E-state index contributed by atoms with van der Waals surface area (Å²) < 4.78 is 46.1. The number of nitrogens with zero attached hydrogens (tertiary/aromatic N) is 2. The lowest BCUT2D eigenvalue weighted by Crippen LogP contribution is -2.13. The van der Waals surface area contributed by atoms with Gasteiger partial charge in [0.05, 0.1) is 5.56 Å². The third-order valence-electron chi connectivity index (χ3n) is 2.09. The molecule has 19 heavy (non-hydrogen) atoms. The molecule has 2 aromatic rings. The lowest BCUT2D eigenvalue weighted by molar-refractivity contribution is -0.138. The van der Waals surface area contributed by atoms with E-state index in [1.807, 2.05) is 0 Å². The van der Waals surface area contributed by atoms with Crippen LogP contribution in [0.4, 0.5) is 19.0 Å². The number of hydrogen-bond acceptors (Lipinski definition) is 6. The Balaban J connectivity index is 2.30. The van der Waals surface area contributed by atoms with E-state index in [-0.39, 0.29) is 10.7 Å². The minimum Gasteiger partial charge on any atom is -0.422 e. The number of anilines is 1. The first-order valence-corrected chi connectivity index (χ1v) is 5.63. The van der Waals surface area contributed by atoms with Crippen LogP contribution >= 0.6 is 11.5 Å². The number of rotatable bonds is 2. The standard InChI is InChI=1S/C10H6F3N3O2S/c11-10(12,13)5-3-1-2-4-6(5)18-9(17)7-8(14)15-16-19-7/h1-4H,14H2. The van der Waals surface area contributed by atoms with Crippen molar-refractivity contribution in [3.05, 3.63) is 34.7 Å². The van der Waals surface area contributed by atoms with Crippen LogP contribution in [0.15, 0.2) is 24.3 Å². The summed E-state index contributed by atoms with van der Waals surface area (Å²) in [6.07, 6.45) is -4.62. The number of hydrogen-bond donors (Lipinski definition) is 1. The molecule has 1 aromatic heterocycles. The highest BCUT2D eigenvalue weighted by Gasteiger charge is 2.35. The molecule has 2 rings (SSSR count). The van der Waals surface area contributed by atoms with Gasteiger partial charge in [-0.3, -0.25) is 0 Å². The molecule has 0 bridgehead atoms. The van der Waals surface area contributed by atoms with Crippen molar-refractivity contribution in [2.75, 3.05) is 5.73 Å². The minimum atomic E-state index is -4.62. The van der Waals surface area contributed by atoms with E-state index < -0.39 is 23.5 Å². The monoisotopic (exact) mass is 289 g/mol. The molecule has 2 N–H and O–H groups in total. The molecule has 0 radical (unpaired) electrons. The van der Waals surface area contributed by atoms with Crippen molar-refractivity contribution < 1.29 is 22.7 Å². The first kappa shape index (κ1) is 13.3. The normalized spacial score (nSPS) is 11.3. The molecule has 0 unspecified atom stereocenters.